The Balaban J connectivity index is 2.05. The third-order valence-electron chi connectivity index (χ3n) is 4.21. The quantitative estimate of drug-likeness (QED) is 0.597. The maximum Gasteiger partial charge on any atom is 0.225 e. The Morgan fingerprint density at radius 2 is 1.44 bits per heavy atom. The molecule has 0 aliphatic carbocycles. The van der Waals surface area contributed by atoms with Gasteiger partial charge in [-0.1, -0.05) is 48.0 Å². The second-order valence-corrected chi connectivity index (χ2v) is 8.10. The molecule has 2 N–H and O–H groups in total. The third kappa shape index (κ3) is 4.85. The second-order valence-electron chi connectivity index (χ2n) is 8.10. The predicted octanol–water partition coefficient (Wildman–Crippen LogP) is 6.02. The van der Waals surface area contributed by atoms with Gasteiger partial charge in [-0.3, -0.25) is 0 Å². The van der Waals surface area contributed by atoms with E-state index in [1.165, 1.54) is 16.7 Å². The van der Waals surface area contributed by atoms with E-state index in [9.17, 15) is 0 Å². The summed E-state index contributed by atoms with van der Waals surface area (Å²) in [7, 11) is 0. The molecule has 0 saturated heterocycles. The second kappa shape index (κ2) is 7.39. The highest BCUT2D eigenvalue weighted by Gasteiger charge is 2.14. The van der Waals surface area contributed by atoms with Crippen molar-refractivity contribution in [1.82, 2.24) is 9.97 Å². The van der Waals surface area contributed by atoms with Crippen LogP contribution in [0.25, 0.3) is 11.3 Å². The zero-order chi connectivity index (χ0) is 19.6. The average Bonchev–Trinajstić information content (AvgIpc) is 2.57. The van der Waals surface area contributed by atoms with Crippen molar-refractivity contribution in [2.45, 2.75) is 47.1 Å². The number of rotatable bonds is 4. The Morgan fingerprint density at radius 1 is 0.815 bits per heavy atom. The van der Waals surface area contributed by atoms with Gasteiger partial charge in [0.1, 0.15) is 5.82 Å². The van der Waals surface area contributed by atoms with E-state index in [1.54, 1.807) is 0 Å². The van der Waals surface area contributed by atoms with Crippen molar-refractivity contribution in [3.05, 3.63) is 65.2 Å². The molecule has 4 heteroatoms. The summed E-state index contributed by atoms with van der Waals surface area (Å²) in [5.74, 6) is 1.40. The van der Waals surface area contributed by atoms with Crippen LogP contribution in [0.3, 0.4) is 0 Å². The standard InChI is InChI=1S/C23H28N4/c1-15-12-16(2)21(17(3)13-15)25-20-14-19(18-10-8-7-9-11-18)24-22(26-20)27-23(4,5)6/h7-14H,1-6H3,(H2,24,25,26,27). The average molecular weight is 361 g/mol. The van der Waals surface area contributed by atoms with Gasteiger partial charge >= 0.3 is 0 Å². The van der Waals surface area contributed by atoms with Crippen molar-refractivity contribution in [3.8, 4) is 11.3 Å². The van der Waals surface area contributed by atoms with Gasteiger partial charge < -0.3 is 10.6 Å². The summed E-state index contributed by atoms with van der Waals surface area (Å²) in [5.41, 5.74) is 6.61. The highest BCUT2D eigenvalue weighted by atomic mass is 15.2. The summed E-state index contributed by atoms with van der Waals surface area (Å²) in [6.45, 7) is 12.7. The smallest absolute Gasteiger partial charge is 0.225 e. The molecule has 4 nitrogen and oxygen atoms in total. The first kappa shape index (κ1) is 18.9. The van der Waals surface area contributed by atoms with Crippen molar-refractivity contribution in [3.63, 3.8) is 0 Å². The molecule has 0 unspecified atom stereocenters. The maximum absolute atomic E-state index is 4.73. The zero-order valence-electron chi connectivity index (χ0n) is 17.0. The van der Waals surface area contributed by atoms with Gasteiger partial charge in [-0.15, -0.1) is 0 Å². The largest absolute Gasteiger partial charge is 0.350 e. The lowest BCUT2D eigenvalue weighted by atomic mass is 10.1. The lowest BCUT2D eigenvalue weighted by Gasteiger charge is -2.22. The Morgan fingerprint density at radius 3 is 2.04 bits per heavy atom. The molecule has 0 bridgehead atoms. The number of hydrogen-bond donors (Lipinski definition) is 2. The summed E-state index contributed by atoms with van der Waals surface area (Å²) >= 11 is 0. The monoisotopic (exact) mass is 360 g/mol. The van der Waals surface area contributed by atoms with E-state index in [2.05, 4.69) is 76.4 Å². The molecule has 0 fully saturated rings. The fourth-order valence-corrected chi connectivity index (χ4v) is 3.16. The third-order valence-corrected chi connectivity index (χ3v) is 4.21. The van der Waals surface area contributed by atoms with E-state index in [4.69, 9.17) is 9.97 Å². The van der Waals surface area contributed by atoms with Gasteiger partial charge in [0, 0.05) is 22.9 Å². The minimum Gasteiger partial charge on any atom is -0.350 e. The first-order valence-corrected chi connectivity index (χ1v) is 9.29. The van der Waals surface area contributed by atoms with Gasteiger partial charge in [-0.2, -0.15) is 4.98 Å². The van der Waals surface area contributed by atoms with Crippen LogP contribution in [-0.4, -0.2) is 15.5 Å². The molecular weight excluding hydrogens is 332 g/mol. The van der Waals surface area contributed by atoms with Gasteiger partial charge in [0.05, 0.1) is 5.69 Å². The molecule has 1 heterocycles. The van der Waals surface area contributed by atoms with E-state index >= 15 is 0 Å². The van der Waals surface area contributed by atoms with Crippen LogP contribution in [0.4, 0.5) is 17.5 Å². The number of benzene rings is 2. The predicted molar refractivity (Wildman–Crippen MR) is 115 cm³/mol. The van der Waals surface area contributed by atoms with Crippen LogP contribution < -0.4 is 10.6 Å². The molecule has 0 atom stereocenters. The van der Waals surface area contributed by atoms with Crippen molar-refractivity contribution in [1.29, 1.82) is 0 Å². The van der Waals surface area contributed by atoms with Gasteiger partial charge in [0.2, 0.25) is 5.95 Å². The summed E-state index contributed by atoms with van der Waals surface area (Å²) < 4.78 is 0. The zero-order valence-corrected chi connectivity index (χ0v) is 17.0. The van der Waals surface area contributed by atoms with Crippen molar-refractivity contribution in [2.24, 2.45) is 0 Å². The van der Waals surface area contributed by atoms with Crippen LogP contribution in [0.5, 0.6) is 0 Å². The van der Waals surface area contributed by atoms with Crippen LogP contribution >= 0.6 is 0 Å². The number of anilines is 3. The molecule has 0 amide bonds. The molecule has 0 aliphatic rings. The van der Waals surface area contributed by atoms with E-state index in [0.717, 1.165) is 22.8 Å². The van der Waals surface area contributed by atoms with Gasteiger partial charge in [0.25, 0.3) is 0 Å². The number of aromatic nitrogens is 2. The molecule has 3 aromatic rings. The van der Waals surface area contributed by atoms with Gasteiger partial charge in [0.15, 0.2) is 0 Å². The first-order valence-electron chi connectivity index (χ1n) is 9.29. The topological polar surface area (TPSA) is 49.8 Å². The normalized spacial score (nSPS) is 11.3. The molecule has 140 valence electrons. The van der Waals surface area contributed by atoms with E-state index < -0.39 is 0 Å². The van der Waals surface area contributed by atoms with Crippen LogP contribution in [-0.2, 0) is 0 Å². The number of hydrogen-bond acceptors (Lipinski definition) is 4. The van der Waals surface area contributed by atoms with Gasteiger partial charge in [-0.25, -0.2) is 4.98 Å². The van der Waals surface area contributed by atoms with E-state index in [-0.39, 0.29) is 5.54 Å². The van der Waals surface area contributed by atoms with Crippen molar-refractivity contribution < 1.29 is 0 Å². The minimum atomic E-state index is -0.123. The van der Waals surface area contributed by atoms with E-state index in [1.807, 2.05) is 24.3 Å². The minimum absolute atomic E-state index is 0.123. The lowest BCUT2D eigenvalue weighted by molar-refractivity contribution is 0.626. The highest BCUT2D eigenvalue weighted by molar-refractivity contribution is 5.70. The molecule has 0 saturated carbocycles. The molecule has 3 rings (SSSR count). The molecule has 0 aliphatic heterocycles. The SMILES string of the molecule is Cc1cc(C)c(Nc2cc(-c3ccccc3)nc(NC(C)(C)C)n2)c(C)c1. The molecule has 1 aromatic heterocycles. The summed E-state index contributed by atoms with van der Waals surface area (Å²) in [4.78, 5) is 9.44. The maximum atomic E-state index is 4.73. The first-order chi connectivity index (χ1) is 12.7. The Hall–Kier alpha value is -2.88. The van der Waals surface area contributed by atoms with Crippen molar-refractivity contribution in [2.75, 3.05) is 10.6 Å². The van der Waals surface area contributed by atoms with Crippen LogP contribution in [0, 0.1) is 20.8 Å². The number of nitrogens with one attached hydrogen (secondary N) is 2. The van der Waals surface area contributed by atoms with Gasteiger partial charge in [-0.05, 0) is 52.7 Å². The molecule has 2 aromatic carbocycles. The summed E-state index contributed by atoms with van der Waals surface area (Å²) in [5, 5.41) is 6.91. The molecule has 0 radical (unpaired) electrons. The van der Waals surface area contributed by atoms with Crippen LogP contribution in [0.15, 0.2) is 48.5 Å². The van der Waals surface area contributed by atoms with Crippen molar-refractivity contribution >= 4 is 17.5 Å². The Bertz CT molecular complexity index is 917. The Kier molecular flexibility index (Phi) is 5.17. The Labute approximate surface area is 162 Å². The fourth-order valence-electron chi connectivity index (χ4n) is 3.16. The number of nitrogens with zero attached hydrogens (tertiary/aromatic N) is 2. The van der Waals surface area contributed by atoms with E-state index in [0.29, 0.717) is 5.95 Å². The van der Waals surface area contributed by atoms with Crippen LogP contribution in [0.2, 0.25) is 0 Å². The fraction of sp³-hybridized carbons (Fsp3) is 0.304. The molecule has 27 heavy (non-hydrogen) atoms. The molecule has 0 spiro atoms. The van der Waals surface area contributed by atoms with Crippen LogP contribution in [0.1, 0.15) is 37.5 Å². The number of aryl methyl sites for hydroxylation is 3. The molecular formula is C23H28N4. The highest BCUT2D eigenvalue weighted by Crippen LogP contribution is 2.28. The summed E-state index contributed by atoms with van der Waals surface area (Å²) in [6.07, 6.45) is 0. The lowest BCUT2D eigenvalue weighted by Crippen LogP contribution is -2.27. The summed E-state index contributed by atoms with van der Waals surface area (Å²) in [6, 6.07) is 16.6.